The summed E-state index contributed by atoms with van der Waals surface area (Å²) < 4.78 is 28.0. The number of aliphatic hydroxyl groups is 1. The van der Waals surface area contributed by atoms with Gasteiger partial charge < -0.3 is 25.5 Å². The number of rotatable bonds is 8. The van der Waals surface area contributed by atoms with Crippen molar-refractivity contribution in [2.45, 2.75) is 125 Å². The summed E-state index contributed by atoms with van der Waals surface area (Å²) in [7, 11) is -3.89. The van der Waals surface area contributed by atoms with Crippen LogP contribution in [0.4, 0.5) is 0 Å². The Bertz CT molecular complexity index is 1990. The van der Waals surface area contributed by atoms with Crippen molar-refractivity contribution in [1.82, 2.24) is 20.3 Å². The van der Waals surface area contributed by atoms with E-state index in [1.54, 1.807) is 0 Å². The Morgan fingerprint density at radius 1 is 0.893 bits per heavy atom. The number of carbonyl (C=O) groups excluding carboxylic acids is 4. The summed E-state index contributed by atoms with van der Waals surface area (Å²) in [6.07, 6.45) is 10.7. The van der Waals surface area contributed by atoms with E-state index in [1.807, 2.05) is 60.7 Å². The predicted octanol–water partition coefficient (Wildman–Crippen LogP) is 3.84. The van der Waals surface area contributed by atoms with Crippen LogP contribution in [0.2, 0.25) is 0 Å². The van der Waals surface area contributed by atoms with Crippen molar-refractivity contribution >= 4 is 39.4 Å². The lowest BCUT2D eigenvalue weighted by molar-refractivity contribution is -0.144. The summed E-state index contributed by atoms with van der Waals surface area (Å²) in [6.45, 7) is -0.0207. The zero-order chi connectivity index (χ0) is 39.0. The zero-order valence-electron chi connectivity index (χ0n) is 31.5. The van der Waals surface area contributed by atoms with E-state index in [1.165, 1.54) is 4.90 Å². The number of fused-ring (bicyclic) bond motifs is 5. The Morgan fingerprint density at radius 2 is 1.54 bits per heavy atom. The molecule has 3 saturated carbocycles. The molecule has 6 aliphatic rings. The van der Waals surface area contributed by atoms with Crippen LogP contribution in [0.3, 0.4) is 0 Å². The molecule has 4 amide bonds. The predicted molar refractivity (Wildman–Crippen MR) is 208 cm³/mol. The second kappa shape index (κ2) is 15.8. The van der Waals surface area contributed by atoms with E-state index in [0.717, 1.165) is 67.2 Å². The molecule has 1 saturated heterocycles. The highest BCUT2D eigenvalue weighted by Crippen LogP contribution is 2.46. The second-order valence-electron chi connectivity index (χ2n) is 16.4. The first-order valence-electron chi connectivity index (χ1n) is 20.3. The number of benzene rings is 2. The minimum atomic E-state index is -3.89. The molecule has 6 atom stereocenters. The van der Waals surface area contributed by atoms with Gasteiger partial charge in [0.15, 0.2) is 0 Å². The molecule has 14 heteroatoms. The van der Waals surface area contributed by atoms with Gasteiger partial charge in [0.25, 0.3) is 5.91 Å². The van der Waals surface area contributed by atoms with Crippen LogP contribution in [-0.4, -0.2) is 89.4 Å². The van der Waals surface area contributed by atoms with Crippen LogP contribution in [0.15, 0.2) is 65.8 Å². The zero-order valence-corrected chi connectivity index (χ0v) is 32.3. The topological polar surface area (TPSA) is 184 Å². The number of oxime groups is 1. The molecule has 2 aromatic rings. The highest BCUT2D eigenvalue weighted by atomic mass is 32.2. The second-order valence-corrected chi connectivity index (χ2v) is 18.4. The average Bonchev–Trinajstić information content (AvgIpc) is 4.11. The van der Waals surface area contributed by atoms with Crippen molar-refractivity contribution in [3.63, 3.8) is 0 Å². The Balaban J connectivity index is 1.08. The van der Waals surface area contributed by atoms with E-state index in [-0.39, 0.29) is 25.3 Å². The van der Waals surface area contributed by atoms with E-state index in [2.05, 4.69) is 20.5 Å². The van der Waals surface area contributed by atoms with Gasteiger partial charge in [0.1, 0.15) is 35.5 Å². The maximum absolute atomic E-state index is 14.6. The highest BCUT2D eigenvalue weighted by Gasteiger charge is 2.62. The third-order valence-electron chi connectivity index (χ3n) is 12.5. The molecule has 4 N–H and O–H groups in total. The van der Waals surface area contributed by atoms with Gasteiger partial charge in [-0.1, -0.05) is 97.9 Å². The summed E-state index contributed by atoms with van der Waals surface area (Å²) >= 11 is 0. The molecule has 0 aromatic heterocycles. The molecule has 0 spiro atoms. The Labute approximate surface area is 327 Å². The van der Waals surface area contributed by atoms with Crippen LogP contribution in [0.25, 0.3) is 11.1 Å². The molecule has 4 aliphatic carbocycles. The van der Waals surface area contributed by atoms with E-state index in [9.17, 15) is 32.7 Å². The molecule has 4 fully saturated rings. The highest BCUT2D eigenvalue weighted by molar-refractivity contribution is 7.91. The molecule has 2 unspecified atom stereocenters. The van der Waals surface area contributed by atoms with Crippen molar-refractivity contribution in [3.8, 4) is 11.1 Å². The van der Waals surface area contributed by atoms with Gasteiger partial charge in [0.2, 0.25) is 27.7 Å². The van der Waals surface area contributed by atoms with Crippen LogP contribution in [-0.2, 0) is 34.0 Å². The van der Waals surface area contributed by atoms with Gasteiger partial charge in [-0.05, 0) is 68.4 Å². The maximum atomic E-state index is 14.6. The number of amides is 4. The van der Waals surface area contributed by atoms with Crippen molar-refractivity contribution in [2.24, 2.45) is 17.0 Å². The minimum absolute atomic E-state index is 0.0207. The number of nitrogens with zero attached hydrogens (tertiary/aromatic N) is 2. The minimum Gasteiger partial charge on any atom is -0.390 e. The van der Waals surface area contributed by atoms with Gasteiger partial charge in [0.05, 0.1) is 11.8 Å². The van der Waals surface area contributed by atoms with Gasteiger partial charge in [-0.25, -0.2) is 8.42 Å². The molecule has 2 heterocycles. The summed E-state index contributed by atoms with van der Waals surface area (Å²) in [5, 5.41) is 20.8. The summed E-state index contributed by atoms with van der Waals surface area (Å²) in [5.41, 5.74) is 2.98. The number of hydrogen-bond acceptors (Lipinski definition) is 9. The summed E-state index contributed by atoms with van der Waals surface area (Å²) in [4.78, 5) is 64.0. The number of aliphatic hydroxyl groups excluding tert-OH is 1. The van der Waals surface area contributed by atoms with E-state index >= 15 is 0 Å². The van der Waals surface area contributed by atoms with Gasteiger partial charge in [-0.3, -0.25) is 23.9 Å². The van der Waals surface area contributed by atoms with Gasteiger partial charge in [0, 0.05) is 23.5 Å². The number of nitrogens with one attached hydrogen (secondary N) is 3. The van der Waals surface area contributed by atoms with Gasteiger partial charge in [-0.15, -0.1) is 0 Å². The Hall–Kier alpha value is -4.56. The van der Waals surface area contributed by atoms with Crippen LogP contribution in [0, 0.1) is 11.8 Å². The third-order valence-corrected chi connectivity index (χ3v) is 14.3. The molecule has 0 radical (unpaired) electrons. The van der Waals surface area contributed by atoms with Gasteiger partial charge in [-0.2, -0.15) is 0 Å². The quantitative estimate of drug-likeness (QED) is 0.196. The standard InChI is InChI=1S/C42H51N5O8S/c48-37(26-13-5-4-6-14-26)39(50)43-34-20-8-3-1-2-7-15-27-24-42(27,41(52)46-56(53,54)29-21-22-29)44-38(49)35-23-28(25-47(35)40(34)51)55-45-36-32-18-11-9-16-30(32)31-17-10-12-19-33(31)36/h7,9-12,15-19,26-29,34-35,37,48H,1-6,8,13-14,20-25H2,(H,43,50)(H,44,49)(H,46,52)/b15-7-/t27?,28-,34+,35+,37+,42?/m1/s1. The number of carbonyl (C=O) groups is 4. The number of hydrogen-bond donors (Lipinski definition) is 4. The molecule has 2 aliphatic heterocycles. The lowest BCUT2D eigenvalue weighted by Gasteiger charge is -2.31. The summed E-state index contributed by atoms with van der Waals surface area (Å²) in [6, 6.07) is 13.6. The molecule has 56 heavy (non-hydrogen) atoms. The first-order chi connectivity index (χ1) is 27.1. The molecule has 298 valence electrons. The molecular formula is C42H51N5O8S. The first kappa shape index (κ1) is 38.3. The monoisotopic (exact) mass is 785 g/mol. The van der Waals surface area contributed by atoms with Crippen LogP contribution >= 0.6 is 0 Å². The molecule has 0 bridgehead atoms. The lowest BCUT2D eigenvalue weighted by Crippen LogP contribution is -2.58. The maximum Gasteiger partial charge on any atom is 0.259 e. The molecular weight excluding hydrogens is 735 g/mol. The molecule has 13 nitrogen and oxygen atoms in total. The van der Waals surface area contributed by atoms with Crippen LogP contribution in [0.1, 0.15) is 101 Å². The smallest absolute Gasteiger partial charge is 0.259 e. The normalized spacial score (nSPS) is 29.2. The number of allylic oxidation sites excluding steroid dienone is 1. The largest absolute Gasteiger partial charge is 0.390 e. The Kier molecular flexibility index (Phi) is 10.8. The van der Waals surface area contributed by atoms with Crippen LogP contribution in [0.5, 0.6) is 0 Å². The number of sulfonamides is 1. The SMILES string of the molecule is O=C(N[C@H]1CCCCC/C=C\C2CC2(C(=O)NS(=O)(=O)C2CC2)NC(=O)[C@@H]2C[C@@H](ON=C3c4ccccc4-c4ccccc43)CN2C1=O)[C@@H](O)C1CCCCC1. The van der Waals surface area contributed by atoms with Crippen molar-refractivity contribution in [1.29, 1.82) is 0 Å². The van der Waals surface area contributed by atoms with Crippen molar-refractivity contribution in [3.05, 3.63) is 71.8 Å². The van der Waals surface area contributed by atoms with Crippen LogP contribution < -0.4 is 15.4 Å². The third kappa shape index (κ3) is 7.74. The fourth-order valence-electron chi connectivity index (χ4n) is 8.98. The fraction of sp³-hybridized carbons (Fsp3) is 0.548. The van der Waals surface area contributed by atoms with E-state index in [4.69, 9.17) is 4.84 Å². The van der Waals surface area contributed by atoms with Crippen molar-refractivity contribution < 1.29 is 37.5 Å². The fourth-order valence-corrected chi connectivity index (χ4v) is 10.3. The first-order valence-corrected chi connectivity index (χ1v) is 21.9. The van der Waals surface area contributed by atoms with E-state index < -0.39 is 74.7 Å². The van der Waals surface area contributed by atoms with Gasteiger partial charge >= 0.3 is 0 Å². The summed E-state index contributed by atoms with van der Waals surface area (Å²) in [5.74, 6) is -3.09. The Morgan fingerprint density at radius 3 is 2.21 bits per heavy atom. The average molecular weight is 786 g/mol. The molecule has 2 aromatic carbocycles. The molecule has 8 rings (SSSR count). The lowest BCUT2D eigenvalue weighted by atomic mass is 9.85. The van der Waals surface area contributed by atoms with E-state index in [0.29, 0.717) is 37.8 Å². The van der Waals surface area contributed by atoms with Crippen molar-refractivity contribution in [2.75, 3.05) is 6.54 Å².